The minimum atomic E-state index is -0.0110. The highest BCUT2D eigenvalue weighted by atomic mass is 16.1. The van der Waals surface area contributed by atoms with Crippen LogP contribution in [-0.2, 0) is 7.05 Å². The van der Waals surface area contributed by atoms with Gasteiger partial charge in [-0.3, -0.25) is 4.79 Å². The molecule has 0 radical (unpaired) electrons. The Morgan fingerprint density at radius 1 is 1.70 bits per heavy atom. The maximum absolute atomic E-state index is 10.8. The molecule has 0 spiro atoms. The number of carbonyl (C=O) groups excluding carboxylic acids is 1. The Balaban J connectivity index is 3.15. The smallest absolute Gasteiger partial charge is 0.286 e. The third-order valence-corrected chi connectivity index (χ3v) is 1.24. The first-order valence-electron chi connectivity index (χ1n) is 3.03. The lowest BCUT2D eigenvalue weighted by molar-refractivity contribution is -0.676. The highest BCUT2D eigenvalue weighted by Crippen LogP contribution is 1.83. The molecule has 0 aliphatic rings. The Morgan fingerprint density at radius 2 is 2.40 bits per heavy atom. The highest BCUT2D eigenvalue weighted by molar-refractivity contribution is 5.88. The summed E-state index contributed by atoms with van der Waals surface area (Å²) in [5.41, 5.74) is 0. The highest BCUT2D eigenvalue weighted by Gasteiger charge is 2.11. The molecule has 0 aromatic carbocycles. The van der Waals surface area contributed by atoms with Gasteiger partial charge in [-0.05, 0) is 4.98 Å². The second-order valence-corrected chi connectivity index (χ2v) is 2.11. The fourth-order valence-electron chi connectivity index (χ4n) is 0.782. The van der Waals surface area contributed by atoms with Crippen molar-refractivity contribution < 1.29 is 9.36 Å². The molecule has 0 fully saturated rings. The molecule has 3 heteroatoms. The molecule has 1 aromatic rings. The van der Waals surface area contributed by atoms with Gasteiger partial charge in [-0.25, -0.2) is 4.57 Å². The number of Topliss-reactive ketones (excluding diaryl/α,β-unsaturated/α-hetero) is 1. The fraction of sp³-hybridized carbons (Fsp3) is 0.286. The van der Waals surface area contributed by atoms with Crippen molar-refractivity contribution >= 4 is 5.78 Å². The number of aromatic nitrogens is 2. The van der Waals surface area contributed by atoms with Crippen molar-refractivity contribution in [2.45, 2.75) is 6.92 Å². The van der Waals surface area contributed by atoms with Gasteiger partial charge < -0.3 is 0 Å². The molecule has 0 amide bonds. The standard InChI is InChI=1S/C7H9N2O/c1-6(10)7-8-4-3-5-9(7)2/h3-5H,1-2H3/q+1. The molecule has 0 atom stereocenters. The van der Waals surface area contributed by atoms with Crippen LogP contribution < -0.4 is 4.57 Å². The summed E-state index contributed by atoms with van der Waals surface area (Å²) in [4.78, 5) is 14.7. The number of rotatable bonds is 1. The van der Waals surface area contributed by atoms with Crippen LogP contribution in [0.4, 0.5) is 0 Å². The van der Waals surface area contributed by atoms with Gasteiger partial charge in [0.05, 0.1) is 13.2 Å². The van der Waals surface area contributed by atoms with Crippen molar-refractivity contribution in [2.24, 2.45) is 7.05 Å². The molecular formula is C7H9N2O+. The van der Waals surface area contributed by atoms with Crippen LogP contribution >= 0.6 is 0 Å². The Labute approximate surface area is 59.3 Å². The SMILES string of the molecule is CC(=O)c1nccc[n+]1C. The van der Waals surface area contributed by atoms with E-state index in [1.165, 1.54) is 6.92 Å². The van der Waals surface area contributed by atoms with Crippen molar-refractivity contribution in [3.05, 3.63) is 24.3 Å². The van der Waals surface area contributed by atoms with Crippen LogP contribution in [0.2, 0.25) is 0 Å². The lowest BCUT2D eigenvalue weighted by atomic mass is 10.4. The van der Waals surface area contributed by atoms with Crippen molar-refractivity contribution in [1.29, 1.82) is 0 Å². The van der Waals surface area contributed by atoms with Gasteiger partial charge >= 0.3 is 5.82 Å². The maximum Gasteiger partial charge on any atom is 0.365 e. The zero-order valence-corrected chi connectivity index (χ0v) is 6.03. The first kappa shape index (κ1) is 6.86. The van der Waals surface area contributed by atoms with E-state index in [1.807, 2.05) is 0 Å². The number of carbonyl (C=O) groups is 1. The van der Waals surface area contributed by atoms with E-state index in [2.05, 4.69) is 4.98 Å². The van der Waals surface area contributed by atoms with Crippen LogP contribution in [-0.4, -0.2) is 10.8 Å². The lowest BCUT2D eigenvalue weighted by Crippen LogP contribution is -2.36. The predicted octanol–water partition coefficient (Wildman–Crippen LogP) is 0.109. The maximum atomic E-state index is 10.8. The van der Waals surface area contributed by atoms with E-state index in [-0.39, 0.29) is 5.78 Å². The first-order chi connectivity index (χ1) is 4.72. The number of ketones is 1. The summed E-state index contributed by atoms with van der Waals surface area (Å²) in [6.07, 6.45) is 3.40. The van der Waals surface area contributed by atoms with E-state index < -0.39 is 0 Å². The Morgan fingerprint density at radius 3 is 2.80 bits per heavy atom. The number of hydrogen-bond acceptors (Lipinski definition) is 2. The van der Waals surface area contributed by atoms with E-state index in [0.717, 1.165) is 0 Å². The molecule has 0 saturated carbocycles. The quantitative estimate of drug-likeness (QED) is 0.406. The van der Waals surface area contributed by atoms with E-state index in [9.17, 15) is 4.79 Å². The predicted molar refractivity (Wildman–Crippen MR) is 35.4 cm³/mol. The number of hydrogen-bond donors (Lipinski definition) is 0. The van der Waals surface area contributed by atoms with E-state index in [4.69, 9.17) is 0 Å². The van der Waals surface area contributed by atoms with E-state index in [1.54, 1.807) is 30.1 Å². The fourth-order valence-corrected chi connectivity index (χ4v) is 0.782. The molecule has 0 aliphatic heterocycles. The molecule has 3 nitrogen and oxygen atoms in total. The average molecular weight is 137 g/mol. The van der Waals surface area contributed by atoms with E-state index >= 15 is 0 Å². The Kier molecular flexibility index (Phi) is 1.76. The lowest BCUT2D eigenvalue weighted by Gasteiger charge is -1.89. The topological polar surface area (TPSA) is 33.8 Å². The molecule has 1 aromatic heterocycles. The third-order valence-electron chi connectivity index (χ3n) is 1.24. The molecule has 0 unspecified atom stereocenters. The van der Waals surface area contributed by atoms with Gasteiger partial charge in [0.1, 0.15) is 6.20 Å². The molecule has 0 bridgehead atoms. The molecule has 0 aliphatic carbocycles. The number of aryl methyl sites for hydroxylation is 1. The molecule has 52 valence electrons. The molecule has 1 rings (SSSR count). The van der Waals surface area contributed by atoms with Gasteiger partial charge in [0, 0.05) is 13.0 Å². The second kappa shape index (κ2) is 2.56. The van der Waals surface area contributed by atoms with Gasteiger partial charge in [0.25, 0.3) is 0 Å². The van der Waals surface area contributed by atoms with Crippen LogP contribution in [0.1, 0.15) is 17.5 Å². The van der Waals surface area contributed by atoms with E-state index in [0.29, 0.717) is 5.82 Å². The zero-order valence-electron chi connectivity index (χ0n) is 6.03. The van der Waals surface area contributed by atoms with Crippen LogP contribution in [0.25, 0.3) is 0 Å². The van der Waals surface area contributed by atoms with Crippen LogP contribution in [0.5, 0.6) is 0 Å². The van der Waals surface area contributed by atoms with Crippen molar-refractivity contribution in [1.82, 2.24) is 4.98 Å². The van der Waals surface area contributed by atoms with Gasteiger partial charge in [0.15, 0.2) is 0 Å². The Hall–Kier alpha value is -1.25. The average Bonchev–Trinajstić information content (AvgIpc) is 1.88. The summed E-state index contributed by atoms with van der Waals surface area (Å²) in [6, 6.07) is 1.78. The summed E-state index contributed by atoms with van der Waals surface area (Å²) < 4.78 is 1.70. The number of nitrogens with zero attached hydrogens (tertiary/aromatic N) is 2. The second-order valence-electron chi connectivity index (χ2n) is 2.11. The van der Waals surface area contributed by atoms with Gasteiger partial charge in [-0.2, -0.15) is 0 Å². The van der Waals surface area contributed by atoms with Gasteiger partial charge in [-0.1, -0.05) is 0 Å². The largest absolute Gasteiger partial charge is 0.365 e. The minimum absolute atomic E-state index is 0.0110. The third kappa shape index (κ3) is 1.18. The Bertz CT molecular complexity index is 258. The first-order valence-corrected chi connectivity index (χ1v) is 3.03. The summed E-state index contributed by atoms with van der Waals surface area (Å²) in [5.74, 6) is 0.477. The van der Waals surface area contributed by atoms with Crippen LogP contribution in [0.3, 0.4) is 0 Å². The monoisotopic (exact) mass is 137 g/mol. The summed E-state index contributed by atoms with van der Waals surface area (Å²) >= 11 is 0. The van der Waals surface area contributed by atoms with Crippen LogP contribution in [0.15, 0.2) is 18.5 Å². The van der Waals surface area contributed by atoms with Gasteiger partial charge in [0.2, 0.25) is 5.78 Å². The van der Waals surface area contributed by atoms with Gasteiger partial charge in [-0.15, -0.1) is 0 Å². The molecule has 1 heterocycles. The summed E-state index contributed by atoms with van der Waals surface area (Å²) in [6.45, 7) is 1.50. The van der Waals surface area contributed by atoms with Crippen molar-refractivity contribution in [3.63, 3.8) is 0 Å². The summed E-state index contributed by atoms with van der Waals surface area (Å²) in [5, 5.41) is 0. The molecular weight excluding hydrogens is 128 g/mol. The zero-order chi connectivity index (χ0) is 7.56. The molecule has 10 heavy (non-hydrogen) atoms. The van der Waals surface area contributed by atoms with Crippen LogP contribution in [0, 0.1) is 0 Å². The minimum Gasteiger partial charge on any atom is -0.286 e. The van der Waals surface area contributed by atoms with Crippen molar-refractivity contribution in [3.8, 4) is 0 Å². The van der Waals surface area contributed by atoms with Crippen molar-refractivity contribution in [2.75, 3.05) is 0 Å². The molecule has 0 saturated heterocycles. The molecule has 0 N–H and O–H groups in total. The normalized spacial score (nSPS) is 9.40. The summed E-state index contributed by atoms with van der Waals surface area (Å²) in [7, 11) is 1.80.